The molecule has 1 unspecified atom stereocenters. The summed E-state index contributed by atoms with van der Waals surface area (Å²) in [5.41, 5.74) is 6.57. The Bertz CT molecular complexity index is 621. The Labute approximate surface area is 144 Å². The van der Waals surface area contributed by atoms with E-state index in [4.69, 9.17) is 22.4 Å². The zero-order chi connectivity index (χ0) is 18.0. The Hall–Kier alpha value is -1.41. The van der Waals surface area contributed by atoms with Gasteiger partial charge in [-0.2, -0.15) is 0 Å². The summed E-state index contributed by atoms with van der Waals surface area (Å²) in [5, 5.41) is 28.2. The van der Waals surface area contributed by atoms with E-state index in [0.717, 1.165) is 0 Å². The molecule has 2 atom stereocenters. The predicted molar refractivity (Wildman–Crippen MR) is 87.1 cm³/mol. The molecule has 8 heteroatoms. The number of benzene rings is 1. The highest BCUT2D eigenvalue weighted by atomic mass is 35.5. The van der Waals surface area contributed by atoms with E-state index in [1.165, 1.54) is 11.0 Å². The van der Waals surface area contributed by atoms with Gasteiger partial charge in [-0.3, -0.25) is 4.79 Å². The molecule has 0 aliphatic carbocycles. The summed E-state index contributed by atoms with van der Waals surface area (Å²) < 4.78 is 14.4. The van der Waals surface area contributed by atoms with Crippen molar-refractivity contribution in [3.63, 3.8) is 0 Å². The molecule has 0 aromatic heterocycles. The number of piperidine rings is 1. The highest BCUT2D eigenvalue weighted by Gasteiger charge is 2.32. The lowest BCUT2D eigenvalue weighted by atomic mass is 9.85. The van der Waals surface area contributed by atoms with E-state index >= 15 is 0 Å². The van der Waals surface area contributed by atoms with Gasteiger partial charge in [-0.1, -0.05) is 11.6 Å². The van der Waals surface area contributed by atoms with Gasteiger partial charge in [-0.25, -0.2) is 4.39 Å². The van der Waals surface area contributed by atoms with Crippen molar-refractivity contribution in [2.45, 2.75) is 31.9 Å². The SMILES string of the molecule is Cc1cc(O)c([C@H](N)C2CCN(C(=O)C(O)CO)CC2)c(F)c1Cl. The summed E-state index contributed by atoms with van der Waals surface area (Å²) in [6.45, 7) is 1.66. The lowest BCUT2D eigenvalue weighted by molar-refractivity contribution is -0.143. The summed E-state index contributed by atoms with van der Waals surface area (Å²) in [6.07, 6.45) is -0.433. The standard InChI is InChI=1S/C16H22ClFN2O4/c1-8-6-10(22)12(14(18)13(8)17)15(19)9-2-4-20(5-3-9)16(24)11(23)7-21/h6,9,11,15,21-23H,2-5,7,19H2,1H3/t11?,15-/m1/s1. The lowest BCUT2D eigenvalue weighted by Gasteiger charge is -2.35. The summed E-state index contributed by atoms with van der Waals surface area (Å²) in [6, 6.07) is 0.639. The summed E-state index contributed by atoms with van der Waals surface area (Å²) in [5.74, 6) is -1.61. The van der Waals surface area contributed by atoms with Gasteiger partial charge in [-0.05, 0) is 37.3 Å². The van der Waals surface area contributed by atoms with E-state index in [1.807, 2.05) is 0 Å². The molecule has 1 heterocycles. The number of likely N-dealkylation sites (tertiary alicyclic amines) is 1. The Morgan fingerprint density at radius 1 is 1.50 bits per heavy atom. The second-order valence-electron chi connectivity index (χ2n) is 6.14. The monoisotopic (exact) mass is 360 g/mol. The van der Waals surface area contributed by atoms with Crippen LogP contribution in [0.3, 0.4) is 0 Å². The number of phenolic OH excluding ortho intramolecular Hbond substituents is 1. The quantitative estimate of drug-likeness (QED) is 0.643. The van der Waals surface area contributed by atoms with Crippen molar-refractivity contribution in [3.05, 3.63) is 28.0 Å². The molecule has 24 heavy (non-hydrogen) atoms. The summed E-state index contributed by atoms with van der Waals surface area (Å²) >= 11 is 5.91. The minimum atomic E-state index is -1.42. The number of aromatic hydroxyl groups is 1. The summed E-state index contributed by atoms with van der Waals surface area (Å²) in [4.78, 5) is 13.3. The van der Waals surface area contributed by atoms with Gasteiger partial charge in [0.2, 0.25) is 0 Å². The number of hydrogen-bond donors (Lipinski definition) is 4. The molecular weight excluding hydrogens is 339 g/mol. The zero-order valence-electron chi connectivity index (χ0n) is 13.4. The van der Waals surface area contributed by atoms with Crippen LogP contribution in [-0.4, -0.2) is 51.9 Å². The van der Waals surface area contributed by atoms with E-state index in [9.17, 15) is 19.4 Å². The first-order valence-corrected chi connectivity index (χ1v) is 8.16. The first-order chi connectivity index (χ1) is 11.3. The third-order valence-corrected chi connectivity index (χ3v) is 5.02. The number of amides is 1. The lowest BCUT2D eigenvalue weighted by Crippen LogP contribution is -2.46. The number of aliphatic hydroxyl groups is 2. The van der Waals surface area contributed by atoms with Crippen molar-refractivity contribution in [2.75, 3.05) is 19.7 Å². The topological polar surface area (TPSA) is 107 Å². The zero-order valence-corrected chi connectivity index (χ0v) is 14.1. The Kier molecular flexibility index (Phi) is 6.03. The number of carbonyl (C=O) groups excluding carboxylic acids is 1. The molecule has 1 aromatic carbocycles. The van der Waals surface area contributed by atoms with Crippen LogP contribution in [0.5, 0.6) is 5.75 Å². The fourth-order valence-electron chi connectivity index (χ4n) is 3.07. The number of rotatable bonds is 4. The average molecular weight is 361 g/mol. The minimum absolute atomic E-state index is 0.00855. The van der Waals surface area contributed by atoms with Gasteiger partial charge >= 0.3 is 0 Å². The number of carbonyl (C=O) groups is 1. The van der Waals surface area contributed by atoms with Crippen molar-refractivity contribution in [2.24, 2.45) is 11.7 Å². The number of aliphatic hydroxyl groups excluding tert-OH is 2. The third-order valence-electron chi connectivity index (χ3n) is 4.56. The Morgan fingerprint density at radius 3 is 2.62 bits per heavy atom. The molecule has 134 valence electrons. The Balaban J connectivity index is 2.10. The smallest absolute Gasteiger partial charge is 0.253 e. The second-order valence-corrected chi connectivity index (χ2v) is 6.52. The molecule has 0 radical (unpaired) electrons. The van der Waals surface area contributed by atoms with Crippen LogP contribution in [0.15, 0.2) is 6.07 Å². The molecule has 1 fully saturated rings. The predicted octanol–water partition coefficient (Wildman–Crippen LogP) is 1.08. The molecule has 2 rings (SSSR count). The second kappa shape index (κ2) is 7.65. The van der Waals surface area contributed by atoms with Gasteiger partial charge in [0.05, 0.1) is 11.6 Å². The van der Waals surface area contributed by atoms with Gasteiger partial charge in [0.1, 0.15) is 5.75 Å². The molecular formula is C16H22ClFN2O4. The fraction of sp³-hybridized carbons (Fsp3) is 0.562. The van der Waals surface area contributed by atoms with Gasteiger partial charge in [0.15, 0.2) is 11.9 Å². The van der Waals surface area contributed by atoms with E-state index in [2.05, 4.69) is 0 Å². The van der Waals surface area contributed by atoms with Gasteiger partial charge in [0.25, 0.3) is 5.91 Å². The van der Waals surface area contributed by atoms with Crippen LogP contribution in [0, 0.1) is 18.7 Å². The van der Waals surface area contributed by atoms with Crippen molar-refractivity contribution in [3.8, 4) is 5.75 Å². The van der Waals surface area contributed by atoms with Crippen LogP contribution in [-0.2, 0) is 4.79 Å². The molecule has 1 amide bonds. The van der Waals surface area contributed by atoms with Crippen molar-refractivity contribution in [1.82, 2.24) is 4.90 Å². The number of nitrogens with two attached hydrogens (primary N) is 1. The van der Waals surface area contributed by atoms with E-state index in [0.29, 0.717) is 31.5 Å². The Morgan fingerprint density at radius 2 is 2.08 bits per heavy atom. The van der Waals surface area contributed by atoms with Crippen molar-refractivity contribution in [1.29, 1.82) is 0 Å². The van der Waals surface area contributed by atoms with Crippen LogP contribution in [0.25, 0.3) is 0 Å². The van der Waals surface area contributed by atoms with Gasteiger partial charge in [0, 0.05) is 24.7 Å². The van der Waals surface area contributed by atoms with Crippen molar-refractivity contribution >= 4 is 17.5 Å². The molecule has 0 bridgehead atoms. The summed E-state index contributed by atoms with van der Waals surface area (Å²) in [7, 11) is 0. The average Bonchev–Trinajstić information content (AvgIpc) is 2.58. The molecule has 0 spiro atoms. The number of aryl methyl sites for hydroxylation is 1. The van der Waals surface area contributed by atoms with Crippen LogP contribution in [0.2, 0.25) is 5.02 Å². The maximum Gasteiger partial charge on any atom is 0.253 e. The number of hydrogen-bond acceptors (Lipinski definition) is 5. The van der Waals surface area contributed by atoms with E-state index < -0.39 is 30.5 Å². The molecule has 6 nitrogen and oxygen atoms in total. The van der Waals surface area contributed by atoms with Gasteiger partial charge < -0.3 is 26.0 Å². The normalized spacial score (nSPS) is 18.5. The molecule has 0 saturated carbocycles. The van der Waals surface area contributed by atoms with Crippen LogP contribution >= 0.6 is 11.6 Å². The minimum Gasteiger partial charge on any atom is -0.507 e. The van der Waals surface area contributed by atoms with Gasteiger partial charge in [-0.15, -0.1) is 0 Å². The molecule has 1 aromatic rings. The van der Waals surface area contributed by atoms with E-state index in [1.54, 1.807) is 6.92 Å². The molecule has 5 N–H and O–H groups in total. The highest BCUT2D eigenvalue weighted by molar-refractivity contribution is 6.31. The maximum absolute atomic E-state index is 14.4. The third kappa shape index (κ3) is 3.64. The number of phenols is 1. The van der Waals surface area contributed by atoms with Crippen LogP contribution < -0.4 is 5.73 Å². The highest BCUT2D eigenvalue weighted by Crippen LogP contribution is 2.38. The van der Waals surface area contributed by atoms with Crippen molar-refractivity contribution < 1.29 is 24.5 Å². The fourth-order valence-corrected chi connectivity index (χ4v) is 3.23. The van der Waals surface area contributed by atoms with E-state index in [-0.39, 0.29) is 22.3 Å². The first kappa shape index (κ1) is 18.9. The first-order valence-electron chi connectivity index (χ1n) is 7.78. The molecule has 1 saturated heterocycles. The van der Waals surface area contributed by atoms with Crippen LogP contribution in [0.4, 0.5) is 4.39 Å². The number of nitrogens with zero attached hydrogens (tertiary/aromatic N) is 1. The largest absolute Gasteiger partial charge is 0.507 e. The maximum atomic E-state index is 14.4. The molecule has 1 aliphatic heterocycles. The number of halogens is 2. The molecule has 1 aliphatic rings. The van der Waals surface area contributed by atoms with Crippen LogP contribution in [0.1, 0.15) is 30.0 Å².